The third-order valence-electron chi connectivity index (χ3n) is 3.01. The lowest BCUT2D eigenvalue weighted by Crippen LogP contribution is -2.39. The van der Waals surface area contributed by atoms with Crippen LogP contribution in [0.25, 0.3) is 0 Å². The predicted octanol–water partition coefficient (Wildman–Crippen LogP) is 1.30. The van der Waals surface area contributed by atoms with Gasteiger partial charge in [0.2, 0.25) is 0 Å². The molecule has 0 atom stereocenters. The van der Waals surface area contributed by atoms with Gasteiger partial charge in [-0.2, -0.15) is 0 Å². The SMILES string of the molecule is CCOCCN1CCc2ccc(N)cc2C1=O. The van der Waals surface area contributed by atoms with Crippen LogP contribution in [-0.2, 0) is 11.2 Å². The zero-order valence-corrected chi connectivity index (χ0v) is 10.1. The van der Waals surface area contributed by atoms with E-state index in [0.29, 0.717) is 25.4 Å². The first-order valence-corrected chi connectivity index (χ1v) is 5.97. The number of nitrogen functional groups attached to an aromatic ring is 1. The normalized spacial score (nSPS) is 14.9. The number of carbonyl (C=O) groups is 1. The van der Waals surface area contributed by atoms with Crippen molar-refractivity contribution < 1.29 is 9.53 Å². The van der Waals surface area contributed by atoms with Gasteiger partial charge in [0.15, 0.2) is 0 Å². The average molecular weight is 234 g/mol. The lowest BCUT2D eigenvalue weighted by Gasteiger charge is -2.28. The molecule has 1 aromatic carbocycles. The van der Waals surface area contributed by atoms with Crippen LogP contribution in [0.15, 0.2) is 18.2 Å². The Balaban J connectivity index is 2.09. The minimum absolute atomic E-state index is 0.0678. The first kappa shape index (κ1) is 11.9. The van der Waals surface area contributed by atoms with Crippen LogP contribution in [-0.4, -0.2) is 37.1 Å². The van der Waals surface area contributed by atoms with Crippen molar-refractivity contribution in [2.75, 3.05) is 32.0 Å². The Bertz CT molecular complexity index is 418. The first-order valence-electron chi connectivity index (χ1n) is 5.97. The number of nitrogens with two attached hydrogens (primary N) is 1. The summed E-state index contributed by atoms with van der Waals surface area (Å²) in [6.45, 7) is 4.66. The molecule has 1 aromatic rings. The van der Waals surface area contributed by atoms with Gasteiger partial charge in [0, 0.05) is 30.9 Å². The van der Waals surface area contributed by atoms with E-state index in [0.717, 1.165) is 24.1 Å². The highest BCUT2D eigenvalue weighted by molar-refractivity contribution is 5.97. The van der Waals surface area contributed by atoms with Gasteiger partial charge in [-0.25, -0.2) is 0 Å². The maximum atomic E-state index is 12.2. The molecule has 0 saturated heterocycles. The van der Waals surface area contributed by atoms with Crippen molar-refractivity contribution in [3.63, 3.8) is 0 Å². The van der Waals surface area contributed by atoms with Crippen molar-refractivity contribution in [2.24, 2.45) is 0 Å². The smallest absolute Gasteiger partial charge is 0.254 e. The summed E-state index contributed by atoms with van der Waals surface area (Å²) in [6.07, 6.45) is 0.896. The standard InChI is InChI=1S/C13H18N2O2/c1-2-17-8-7-15-6-5-10-3-4-11(14)9-12(10)13(15)16/h3-4,9H,2,5-8,14H2,1H3. The van der Waals surface area contributed by atoms with Crippen LogP contribution in [0.2, 0.25) is 0 Å². The molecule has 4 nitrogen and oxygen atoms in total. The highest BCUT2D eigenvalue weighted by Crippen LogP contribution is 2.21. The van der Waals surface area contributed by atoms with E-state index in [9.17, 15) is 4.79 Å². The molecule has 4 heteroatoms. The van der Waals surface area contributed by atoms with E-state index in [-0.39, 0.29) is 5.91 Å². The summed E-state index contributed by atoms with van der Waals surface area (Å²) in [5, 5.41) is 0. The van der Waals surface area contributed by atoms with Gasteiger partial charge in [0.25, 0.3) is 5.91 Å². The predicted molar refractivity (Wildman–Crippen MR) is 67.0 cm³/mol. The molecule has 0 fully saturated rings. The second-order valence-electron chi connectivity index (χ2n) is 4.16. The summed E-state index contributed by atoms with van der Waals surface area (Å²) < 4.78 is 5.28. The van der Waals surface area contributed by atoms with Crippen LogP contribution in [0.3, 0.4) is 0 Å². The summed E-state index contributed by atoms with van der Waals surface area (Å²) in [4.78, 5) is 14.0. The fraction of sp³-hybridized carbons (Fsp3) is 0.462. The zero-order valence-electron chi connectivity index (χ0n) is 10.1. The molecule has 1 aliphatic rings. The minimum Gasteiger partial charge on any atom is -0.399 e. The summed E-state index contributed by atoms with van der Waals surface area (Å²) >= 11 is 0. The van der Waals surface area contributed by atoms with Gasteiger partial charge < -0.3 is 15.4 Å². The molecule has 0 spiro atoms. The van der Waals surface area contributed by atoms with E-state index in [1.807, 2.05) is 24.0 Å². The van der Waals surface area contributed by atoms with E-state index in [1.54, 1.807) is 6.07 Å². The van der Waals surface area contributed by atoms with E-state index in [4.69, 9.17) is 10.5 Å². The molecule has 0 saturated carbocycles. The van der Waals surface area contributed by atoms with Gasteiger partial charge in [0.05, 0.1) is 6.61 Å². The number of fused-ring (bicyclic) bond motifs is 1. The molecule has 17 heavy (non-hydrogen) atoms. The minimum atomic E-state index is 0.0678. The van der Waals surface area contributed by atoms with Gasteiger partial charge in [-0.3, -0.25) is 4.79 Å². The maximum Gasteiger partial charge on any atom is 0.254 e. The van der Waals surface area contributed by atoms with Crippen molar-refractivity contribution >= 4 is 11.6 Å². The molecule has 1 aliphatic heterocycles. The molecular weight excluding hydrogens is 216 g/mol. The van der Waals surface area contributed by atoms with Crippen molar-refractivity contribution in [2.45, 2.75) is 13.3 Å². The number of amides is 1. The van der Waals surface area contributed by atoms with Crippen LogP contribution < -0.4 is 5.73 Å². The molecule has 0 unspecified atom stereocenters. The molecule has 2 N–H and O–H groups in total. The van der Waals surface area contributed by atoms with Crippen LogP contribution in [0.5, 0.6) is 0 Å². The Morgan fingerprint density at radius 1 is 1.47 bits per heavy atom. The Labute approximate surface area is 101 Å². The number of hydrogen-bond acceptors (Lipinski definition) is 3. The van der Waals surface area contributed by atoms with Crippen molar-refractivity contribution in [1.82, 2.24) is 4.90 Å². The fourth-order valence-electron chi connectivity index (χ4n) is 2.07. The zero-order chi connectivity index (χ0) is 12.3. The highest BCUT2D eigenvalue weighted by Gasteiger charge is 2.23. The lowest BCUT2D eigenvalue weighted by molar-refractivity contribution is 0.0641. The summed E-state index contributed by atoms with van der Waals surface area (Å²) in [6, 6.07) is 5.56. The second-order valence-corrected chi connectivity index (χ2v) is 4.16. The van der Waals surface area contributed by atoms with E-state index >= 15 is 0 Å². The molecular formula is C13H18N2O2. The third kappa shape index (κ3) is 2.58. The Morgan fingerprint density at radius 2 is 2.29 bits per heavy atom. The van der Waals surface area contributed by atoms with E-state index in [2.05, 4.69) is 0 Å². The molecule has 0 bridgehead atoms. The van der Waals surface area contributed by atoms with Gasteiger partial charge >= 0.3 is 0 Å². The molecule has 0 radical (unpaired) electrons. The lowest BCUT2D eigenvalue weighted by atomic mass is 9.98. The average Bonchev–Trinajstić information content (AvgIpc) is 2.33. The monoisotopic (exact) mass is 234 g/mol. The first-order chi connectivity index (χ1) is 8.22. The molecule has 92 valence electrons. The molecule has 0 aliphatic carbocycles. The van der Waals surface area contributed by atoms with Crippen molar-refractivity contribution in [1.29, 1.82) is 0 Å². The second kappa shape index (κ2) is 5.19. The Hall–Kier alpha value is -1.55. The van der Waals surface area contributed by atoms with Gasteiger partial charge in [-0.15, -0.1) is 0 Å². The number of ether oxygens (including phenoxy) is 1. The number of nitrogens with zero attached hydrogens (tertiary/aromatic N) is 1. The van der Waals surface area contributed by atoms with Gasteiger partial charge in [-0.1, -0.05) is 6.07 Å². The number of anilines is 1. The van der Waals surface area contributed by atoms with Gasteiger partial charge in [0.1, 0.15) is 0 Å². The Morgan fingerprint density at radius 3 is 3.06 bits per heavy atom. The molecule has 1 amide bonds. The molecule has 0 aromatic heterocycles. The summed E-state index contributed by atoms with van der Waals surface area (Å²) in [5.74, 6) is 0.0678. The topological polar surface area (TPSA) is 55.6 Å². The van der Waals surface area contributed by atoms with Crippen LogP contribution in [0.1, 0.15) is 22.8 Å². The van der Waals surface area contributed by atoms with Crippen LogP contribution >= 0.6 is 0 Å². The van der Waals surface area contributed by atoms with Crippen molar-refractivity contribution in [3.05, 3.63) is 29.3 Å². The van der Waals surface area contributed by atoms with Crippen LogP contribution in [0, 0.1) is 0 Å². The van der Waals surface area contributed by atoms with Crippen LogP contribution in [0.4, 0.5) is 5.69 Å². The molecule has 2 rings (SSSR count). The summed E-state index contributed by atoms with van der Waals surface area (Å²) in [5.41, 5.74) is 8.20. The Kier molecular flexibility index (Phi) is 3.64. The molecule has 1 heterocycles. The van der Waals surface area contributed by atoms with Gasteiger partial charge in [-0.05, 0) is 31.0 Å². The van der Waals surface area contributed by atoms with Crippen molar-refractivity contribution in [3.8, 4) is 0 Å². The number of hydrogen-bond donors (Lipinski definition) is 1. The van der Waals surface area contributed by atoms with E-state index < -0.39 is 0 Å². The fourth-order valence-corrected chi connectivity index (χ4v) is 2.07. The number of carbonyl (C=O) groups excluding carboxylic acids is 1. The quantitative estimate of drug-likeness (QED) is 0.631. The number of benzene rings is 1. The summed E-state index contributed by atoms with van der Waals surface area (Å²) in [7, 11) is 0. The van der Waals surface area contributed by atoms with E-state index in [1.165, 1.54) is 0 Å². The third-order valence-corrected chi connectivity index (χ3v) is 3.01. The highest BCUT2D eigenvalue weighted by atomic mass is 16.5. The maximum absolute atomic E-state index is 12.2. The largest absolute Gasteiger partial charge is 0.399 e. The number of rotatable bonds is 4.